The molecule has 2 atom stereocenters. The number of nitriles is 1. The van der Waals surface area contributed by atoms with Crippen LogP contribution >= 0.6 is 0 Å². The van der Waals surface area contributed by atoms with Gasteiger partial charge in [0, 0.05) is 52.2 Å². The molecule has 0 amide bonds. The maximum Gasteiger partial charge on any atom is 0.0920 e. The minimum atomic E-state index is 0.436. The zero-order valence-corrected chi connectivity index (χ0v) is 10.3. The number of rotatable bonds is 2. The second-order valence-electron chi connectivity index (χ2n) is 5.18. The van der Waals surface area contributed by atoms with Crippen LogP contribution in [0.1, 0.15) is 12.8 Å². The Morgan fingerprint density at radius 2 is 1.94 bits per heavy atom. The molecule has 3 aliphatic heterocycles. The Morgan fingerprint density at radius 3 is 2.76 bits per heavy atom. The van der Waals surface area contributed by atoms with Gasteiger partial charge in [-0.1, -0.05) is 0 Å². The molecule has 0 aromatic carbocycles. The van der Waals surface area contributed by atoms with Crippen molar-refractivity contribution in [2.45, 2.75) is 25.2 Å². The number of nitrogens with zero attached hydrogens (tertiary/aromatic N) is 4. The van der Waals surface area contributed by atoms with E-state index in [2.05, 4.69) is 26.1 Å². The van der Waals surface area contributed by atoms with Crippen molar-refractivity contribution in [2.24, 2.45) is 0 Å². The molecule has 3 heterocycles. The fraction of sp³-hybridized carbons (Fsp3) is 0.917. The Labute approximate surface area is 103 Å². The molecule has 3 saturated heterocycles. The average molecular weight is 235 g/mol. The van der Waals surface area contributed by atoms with Gasteiger partial charge in [0.05, 0.1) is 18.4 Å². The van der Waals surface area contributed by atoms with Crippen molar-refractivity contribution in [3.05, 3.63) is 0 Å². The molecule has 0 aliphatic carbocycles. The van der Waals surface area contributed by atoms with E-state index in [1.807, 2.05) is 0 Å². The largest absolute Gasteiger partial charge is 0.298 e. The van der Waals surface area contributed by atoms with Crippen molar-refractivity contribution < 1.29 is 0 Å². The summed E-state index contributed by atoms with van der Waals surface area (Å²) in [4.78, 5) is 7.69. The minimum absolute atomic E-state index is 0.436. The van der Waals surface area contributed by atoms with E-state index < -0.39 is 0 Å². The van der Waals surface area contributed by atoms with Crippen LogP contribution in [-0.4, -0.2) is 72.8 Å². The zero-order valence-electron chi connectivity index (χ0n) is 10.3. The highest BCUT2D eigenvalue weighted by Crippen LogP contribution is 2.25. The third-order valence-electron chi connectivity index (χ3n) is 4.25. The van der Waals surface area contributed by atoms with Crippen LogP contribution in [0.2, 0.25) is 0 Å². The smallest absolute Gasteiger partial charge is 0.0920 e. The van der Waals surface area contributed by atoms with Gasteiger partial charge in [-0.25, -0.2) is 0 Å². The van der Waals surface area contributed by atoms with Gasteiger partial charge < -0.3 is 0 Å². The molecule has 5 nitrogen and oxygen atoms in total. The number of piperazine rings is 2. The molecule has 1 N–H and O–H groups in total. The number of hydrogen-bond donors (Lipinski definition) is 1. The van der Waals surface area contributed by atoms with E-state index in [0.717, 1.165) is 26.2 Å². The molecule has 0 aromatic rings. The molecular formula is C12H21N5. The van der Waals surface area contributed by atoms with Crippen LogP contribution in [0, 0.1) is 11.3 Å². The number of hydrogen-bond acceptors (Lipinski definition) is 5. The summed E-state index contributed by atoms with van der Waals surface area (Å²) < 4.78 is 0. The summed E-state index contributed by atoms with van der Waals surface area (Å²) in [5.74, 6) is 0. The van der Waals surface area contributed by atoms with Gasteiger partial charge in [0.15, 0.2) is 0 Å². The summed E-state index contributed by atoms with van der Waals surface area (Å²) in [6.45, 7) is 7.90. The molecule has 5 heteroatoms. The van der Waals surface area contributed by atoms with Gasteiger partial charge in [0.2, 0.25) is 0 Å². The van der Waals surface area contributed by atoms with Crippen molar-refractivity contribution >= 4 is 0 Å². The van der Waals surface area contributed by atoms with Crippen LogP contribution < -0.4 is 5.32 Å². The maximum atomic E-state index is 8.74. The summed E-state index contributed by atoms with van der Waals surface area (Å²) in [5, 5.41) is 12.4. The summed E-state index contributed by atoms with van der Waals surface area (Å²) in [6, 6.07) is 2.26. The molecule has 0 aromatic heterocycles. The predicted octanol–water partition coefficient (Wildman–Crippen LogP) is -0.521. The van der Waals surface area contributed by atoms with E-state index in [-0.39, 0.29) is 0 Å². The first-order chi connectivity index (χ1) is 8.40. The molecule has 0 saturated carbocycles. The molecule has 0 unspecified atom stereocenters. The van der Waals surface area contributed by atoms with Gasteiger partial charge in [-0.15, -0.1) is 0 Å². The molecule has 0 spiro atoms. The summed E-state index contributed by atoms with van der Waals surface area (Å²) in [5.41, 5.74) is 0. The lowest BCUT2D eigenvalue weighted by molar-refractivity contribution is -0.114. The lowest BCUT2D eigenvalue weighted by Gasteiger charge is -2.56. The average Bonchev–Trinajstić information content (AvgIpc) is 2.39. The van der Waals surface area contributed by atoms with Gasteiger partial charge in [-0.05, 0) is 6.42 Å². The SMILES string of the molecule is N#CCCN1CCN2CCCN3CCN[C@@H]1[C@@H]32. The monoisotopic (exact) mass is 235 g/mol. The van der Waals surface area contributed by atoms with Crippen molar-refractivity contribution in [1.82, 2.24) is 20.0 Å². The molecule has 3 rings (SSSR count). The van der Waals surface area contributed by atoms with Crippen molar-refractivity contribution in [3.8, 4) is 6.07 Å². The third-order valence-corrected chi connectivity index (χ3v) is 4.25. The first kappa shape index (κ1) is 11.4. The second kappa shape index (κ2) is 4.91. The van der Waals surface area contributed by atoms with Gasteiger partial charge in [-0.2, -0.15) is 5.26 Å². The normalized spacial score (nSPS) is 35.2. The van der Waals surface area contributed by atoms with Gasteiger partial charge in [0.25, 0.3) is 0 Å². The van der Waals surface area contributed by atoms with Crippen LogP contribution in [-0.2, 0) is 0 Å². The summed E-state index contributed by atoms with van der Waals surface area (Å²) >= 11 is 0. The zero-order chi connectivity index (χ0) is 11.7. The third kappa shape index (κ3) is 2.06. The molecule has 0 radical (unpaired) electrons. The summed E-state index contributed by atoms with van der Waals surface area (Å²) in [7, 11) is 0. The molecule has 17 heavy (non-hydrogen) atoms. The lowest BCUT2D eigenvalue weighted by atomic mass is 10.1. The molecule has 3 aliphatic rings. The first-order valence-corrected chi connectivity index (χ1v) is 6.72. The van der Waals surface area contributed by atoms with Crippen LogP contribution in [0.25, 0.3) is 0 Å². The fourth-order valence-corrected chi connectivity index (χ4v) is 3.48. The summed E-state index contributed by atoms with van der Waals surface area (Å²) in [6.07, 6.45) is 2.93. The first-order valence-electron chi connectivity index (χ1n) is 6.72. The van der Waals surface area contributed by atoms with Crippen molar-refractivity contribution in [1.29, 1.82) is 5.26 Å². The second-order valence-corrected chi connectivity index (χ2v) is 5.18. The van der Waals surface area contributed by atoms with Crippen LogP contribution in [0.3, 0.4) is 0 Å². The van der Waals surface area contributed by atoms with E-state index in [1.165, 1.54) is 26.1 Å². The van der Waals surface area contributed by atoms with Crippen molar-refractivity contribution in [2.75, 3.05) is 45.8 Å². The Hall–Kier alpha value is -0.670. The van der Waals surface area contributed by atoms with Crippen LogP contribution in [0.15, 0.2) is 0 Å². The standard InChI is InChI=1S/C12H21N5/c13-3-1-5-15-9-10-17-7-2-6-16-8-4-14-11(15)12(16)17/h11-12,14H,1-2,4-10H2/t11-,12-/m0/s1. The van der Waals surface area contributed by atoms with E-state index in [0.29, 0.717) is 18.8 Å². The lowest BCUT2D eigenvalue weighted by Crippen LogP contribution is -2.75. The molecule has 94 valence electrons. The number of nitrogens with one attached hydrogen (secondary N) is 1. The fourth-order valence-electron chi connectivity index (χ4n) is 3.48. The van der Waals surface area contributed by atoms with Gasteiger partial charge >= 0.3 is 0 Å². The predicted molar refractivity (Wildman–Crippen MR) is 65.1 cm³/mol. The Kier molecular flexibility index (Phi) is 3.30. The highest BCUT2D eigenvalue weighted by Gasteiger charge is 2.43. The van der Waals surface area contributed by atoms with Crippen LogP contribution in [0.4, 0.5) is 0 Å². The topological polar surface area (TPSA) is 45.5 Å². The van der Waals surface area contributed by atoms with Gasteiger partial charge in [0.1, 0.15) is 0 Å². The Bertz CT molecular complexity index is 304. The van der Waals surface area contributed by atoms with Crippen LogP contribution in [0.5, 0.6) is 0 Å². The molecule has 0 bridgehead atoms. The molecule has 3 fully saturated rings. The highest BCUT2D eigenvalue weighted by molar-refractivity contribution is 4.96. The Balaban J connectivity index is 1.73. The maximum absolute atomic E-state index is 8.74. The molecular weight excluding hydrogens is 214 g/mol. The minimum Gasteiger partial charge on any atom is -0.298 e. The highest BCUT2D eigenvalue weighted by atomic mass is 15.5. The van der Waals surface area contributed by atoms with E-state index in [9.17, 15) is 0 Å². The quantitative estimate of drug-likeness (QED) is 0.698. The van der Waals surface area contributed by atoms with Crippen molar-refractivity contribution in [3.63, 3.8) is 0 Å². The Morgan fingerprint density at radius 1 is 1.12 bits per heavy atom. The van der Waals surface area contributed by atoms with E-state index in [4.69, 9.17) is 5.26 Å². The van der Waals surface area contributed by atoms with E-state index in [1.54, 1.807) is 0 Å². The van der Waals surface area contributed by atoms with E-state index >= 15 is 0 Å². The van der Waals surface area contributed by atoms with Gasteiger partial charge in [-0.3, -0.25) is 20.0 Å².